The lowest BCUT2D eigenvalue weighted by Gasteiger charge is -2.32. The summed E-state index contributed by atoms with van der Waals surface area (Å²) < 4.78 is 0. The molecular weight excluding hydrogens is 280 g/mol. The molecule has 1 aliphatic rings. The first-order chi connectivity index (χ1) is 10.6. The van der Waals surface area contributed by atoms with Gasteiger partial charge in [-0.05, 0) is 31.5 Å². The molecule has 2 aromatic rings. The van der Waals surface area contributed by atoms with Crippen LogP contribution < -0.4 is 10.9 Å². The number of hydrogen-bond donors (Lipinski definition) is 2. The van der Waals surface area contributed by atoms with Crippen LogP contribution in [-0.2, 0) is 11.3 Å². The minimum Gasteiger partial charge on any atom is -0.352 e. The first kappa shape index (κ1) is 14.7. The standard InChI is InChI=1S/C16H20N4O2/c1-11(21)17-12-5-4-8-20(9-12)10-15-16(22)19-14-7-3-2-6-13(14)18-15/h2-3,6-7,12H,4-5,8-10H2,1H3,(H,17,21)(H,19,22)/t12-/m1/s1. The lowest BCUT2D eigenvalue weighted by atomic mass is 10.1. The highest BCUT2D eigenvalue weighted by atomic mass is 16.1. The first-order valence-electron chi connectivity index (χ1n) is 7.59. The van der Waals surface area contributed by atoms with E-state index in [4.69, 9.17) is 0 Å². The van der Waals surface area contributed by atoms with Gasteiger partial charge < -0.3 is 10.3 Å². The van der Waals surface area contributed by atoms with Gasteiger partial charge in [0.05, 0.1) is 11.0 Å². The number of carbonyl (C=O) groups excluding carboxylic acids is 1. The zero-order valence-corrected chi connectivity index (χ0v) is 12.6. The number of amides is 1. The highest BCUT2D eigenvalue weighted by Gasteiger charge is 2.21. The summed E-state index contributed by atoms with van der Waals surface area (Å²) in [6.45, 7) is 3.72. The van der Waals surface area contributed by atoms with Crippen molar-refractivity contribution in [1.29, 1.82) is 0 Å². The Balaban J connectivity index is 1.76. The number of rotatable bonds is 3. The predicted octanol–water partition coefficient (Wildman–Crippen LogP) is 1.02. The predicted molar refractivity (Wildman–Crippen MR) is 84.5 cm³/mol. The minimum absolute atomic E-state index is 0.00599. The number of likely N-dealkylation sites (tertiary alicyclic amines) is 1. The first-order valence-corrected chi connectivity index (χ1v) is 7.59. The number of benzene rings is 1. The third kappa shape index (κ3) is 3.33. The average Bonchev–Trinajstić information content (AvgIpc) is 2.48. The molecule has 22 heavy (non-hydrogen) atoms. The van der Waals surface area contributed by atoms with E-state index in [-0.39, 0.29) is 17.5 Å². The van der Waals surface area contributed by atoms with Crippen LogP contribution in [0, 0.1) is 0 Å². The summed E-state index contributed by atoms with van der Waals surface area (Å²) in [6, 6.07) is 7.69. The van der Waals surface area contributed by atoms with Crippen LogP contribution in [0.15, 0.2) is 29.1 Å². The van der Waals surface area contributed by atoms with Gasteiger partial charge in [-0.2, -0.15) is 0 Å². The number of carbonyl (C=O) groups is 1. The molecule has 0 bridgehead atoms. The van der Waals surface area contributed by atoms with Crippen molar-refractivity contribution in [2.24, 2.45) is 0 Å². The quantitative estimate of drug-likeness (QED) is 0.887. The van der Waals surface area contributed by atoms with Gasteiger partial charge in [-0.15, -0.1) is 0 Å². The fourth-order valence-corrected chi connectivity index (χ4v) is 2.99. The number of hydrogen-bond acceptors (Lipinski definition) is 4. The second-order valence-electron chi connectivity index (χ2n) is 5.80. The molecule has 0 spiro atoms. The highest BCUT2D eigenvalue weighted by Crippen LogP contribution is 2.13. The minimum atomic E-state index is -0.139. The Morgan fingerprint density at radius 1 is 1.45 bits per heavy atom. The van der Waals surface area contributed by atoms with Crippen molar-refractivity contribution in [3.63, 3.8) is 0 Å². The van der Waals surface area contributed by atoms with Gasteiger partial charge >= 0.3 is 0 Å². The van der Waals surface area contributed by atoms with Crippen LogP contribution in [0.25, 0.3) is 11.0 Å². The number of nitrogens with zero attached hydrogens (tertiary/aromatic N) is 2. The van der Waals surface area contributed by atoms with E-state index in [2.05, 4.69) is 20.2 Å². The van der Waals surface area contributed by atoms with Crippen LogP contribution in [0.3, 0.4) is 0 Å². The molecule has 116 valence electrons. The Morgan fingerprint density at radius 2 is 2.27 bits per heavy atom. The normalized spacial score (nSPS) is 19.2. The number of para-hydroxylation sites is 2. The van der Waals surface area contributed by atoms with Crippen LogP contribution in [0.1, 0.15) is 25.5 Å². The highest BCUT2D eigenvalue weighted by molar-refractivity contribution is 5.73. The summed E-state index contributed by atoms with van der Waals surface area (Å²) in [5.74, 6) is -0.00599. The number of nitrogens with one attached hydrogen (secondary N) is 2. The molecule has 2 N–H and O–H groups in total. The maximum atomic E-state index is 12.2. The molecule has 1 fully saturated rings. The van der Waals surface area contributed by atoms with Crippen molar-refractivity contribution in [3.05, 3.63) is 40.3 Å². The Bertz CT molecular complexity index is 740. The van der Waals surface area contributed by atoms with Crippen LogP contribution in [-0.4, -0.2) is 39.9 Å². The fraction of sp³-hybridized carbons (Fsp3) is 0.438. The SMILES string of the molecule is CC(=O)N[C@@H]1CCCN(Cc2nc3ccccc3[nH]c2=O)C1. The molecule has 0 saturated carbocycles. The summed E-state index contributed by atoms with van der Waals surface area (Å²) in [7, 11) is 0. The van der Waals surface area contributed by atoms with Crippen molar-refractivity contribution in [3.8, 4) is 0 Å². The van der Waals surface area contributed by atoms with Gasteiger partial charge in [-0.3, -0.25) is 14.5 Å². The Morgan fingerprint density at radius 3 is 3.09 bits per heavy atom. The van der Waals surface area contributed by atoms with E-state index in [9.17, 15) is 9.59 Å². The monoisotopic (exact) mass is 300 g/mol. The zero-order valence-electron chi connectivity index (χ0n) is 12.6. The Kier molecular flexibility index (Phi) is 4.20. The number of fused-ring (bicyclic) bond motifs is 1. The van der Waals surface area contributed by atoms with Crippen LogP contribution >= 0.6 is 0 Å². The summed E-state index contributed by atoms with van der Waals surface area (Å²) >= 11 is 0. The van der Waals surface area contributed by atoms with Crippen molar-refractivity contribution < 1.29 is 4.79 Å². The van der Waals surface area contributed by atoms with E-state index in [1.165, 1.54) is 6.92 Å². The molecule has 0 unspecified atom stereocenters. The largest absolute Gasteiger partial charge is 0.352 e. The van der Waals surface area contributed by atoms with E-state index in [1.807, 2.05) is 24.3 Å². The molecule has 1 aliphatic heterocycles. The van der Waals surface area contributed by atoms with Gasteiger partial charge in [0.1, 0.15) is 5.69 Å². The molecular formula is C16H20N4O2. The molecule has 6 heteroatoms. The zero-order chi connectivity index (χ0) is 15.5. The Hall–Kier alpha value is -2.21. The topological polar surface area (TPSA) is 78.1 Å². The molecule has 1 amide bonds. The van der Waals surface area contributed by atoms with Crippen LogP contribution in [0.4, 0.5) is 0 Å². The third-order valence-electron chi connectivity index (χ3n) is 3.96. The van der Waals surface area contributed by atoms with Gasteiger partial charge in [0, 0.05) is 26.1 Å². The van der Waals surface area contributed by atoms with Gasteiger partial charge in [-0.1, -0.05) is 12.1 Å². The molecule has 2 heterocycles. The number of H-pyrrole nitrogens is 1. The van der Waals surface area contributed by atoms with Gasteiger partial charge in [0.25, 0.3) is 5.56 Å². The summed E-state index contributed by atoms with van der Waals surface area (Å²) in [4.78, 5) is 32.9. The molecule has 1 saturated heterocycles. The van der Waals surface area contributed by atoms with E-state index < -0.39 is 0 Å². The third-order valence-corrected chi connectivity index (χ3v) is 3.96. The van der Waals surface area contributed by atoms with Gasteiger partial charge in [0.15, 0.2) is 0 Å². The van der Waals surface area contributed by atoms with Crippen LogP contribution in [0.5, 0.6) is 0 Å². The molecule has 1 aromatic heterocycles. The van der Waals surface area contributed by atoms with Gasteiger partial charge in [-0.25, -0.2) is 4.98 Å². The van der Waals surface area contributed by atoms with Crippen molar-refractivity contribution in [1.82, 2.24) is 20.2 Å². The second kappa shape index (κ2) is 6.27. The maximum absolute atomic E-state index is 12.2. The van der Waals surface area contributed by atoms with E-state index in [1.54, 1.807) is 0 Å². The van der Waals surface area contributed by atoms with Crippen molar-refractivity contribution >= 4 is 16.9 Å². The summed E-state index contributed by atoms with van der Waals surface area (Å²) in [5, 5.41) is 2.95. The number of aromatic amines is 1. The maximum Gasteiger partial charge on any atom is 0.271 e. The molecule has 3 rings (SSSR count). The molecule has 1 aromatic carbocycles. The number of piperidine rings is 1. The second-order valence-corrected chi connectivity index (χ2v) is 5.80. The van der Waals surface area contributed by atoms with Crippen molar-refractivity contribution in [2.45, 2.75) is 32.4 Å². The lowest BCUT2D eigenvalue weighted by Crippen LogP contribution is -2.47. The Labute approximate surface area is 128 Å². The molecule has 6 nitrogen and oxygen atoms in total. The van der Waals surface area contributed by atoms with Crippen molar-refractivity contribution in [2.75, 3.05) is 13.1 Å². The average molecular weight is 300 g/mol. The molecule has 1 atom stereocenters. The smallest absolute Gasteiger partial charge is 0.271 e. The summed E-state index contributed by atoms with van der Waals surface area (Å²) in [5.41, 5.74) is 1.95. The molecule has 0 radical (unpaired) electrons. The lowest BCUT2D eigenvalue weighted by molar-refractivity contribution is -0.120. The van der Waals surface area contributed by atoms with Crippen LogP contribution in [0.2, 0.25) is 0 Å². The van der Waals surface area contributed by atoms with E-state index in [0.29, 0.717) is 12.2 Å². The van der Waals surface area contributed by atoms with E-state index >= 15 is 0 Å². The van der Waals surface area contributed by atoms with E-state index in [0.717, 1.165) is 37.0 Å². The molecule has 0 aliphatic carbocycles. The summed E-state index contributed by atoms with van der Waals surface area (Å²) in [6.07, 6.45) is 1.99. The number of aromatic nitrogens is 2. The van der Waals surface area contributed by atoms with Gasteiger partial charge in [0.2, 0.25) is 5.91 Å². The fourth-order valence-electron chi connectivity index (χ4n) is 2.99.